The summed E-state index contributed by atoms with van der Waals surface area (Å²) in [5, 5.41) is 27.1. The molecule has 0 amide bonds. The molecule has 1 unspecified atom stereocenters. The van der Waals surface area contributed by atoms with Crippen LogP contribution in [0.1, 0.15) is 19.4 Å². The molecule has 2 rings (SSSR count). The van der Waals surface area contributed by atoms with E-state index < -0.39 is 22.8 Å². The Bertz CT molecular complexity index is 813. The molecule has 0 N–H and O–H groups in total. The number of hydrogen-bond donors (Lipinski definition) is 0. The number of nitriles is 3. The van der Waals surface area contributed by atoms with Crippen molar-refractivity contribution in [2.24, 2.45) is 0 Å². The third-order valence-corrected chi connectivity index (χ3v) is 3.63. The lowest BCUT2D eigenvalue weighted by Crippen LogP contribution is -2.26. The minimum atomic E-state index is -1.60. The molecule has 22 heavy (non-hydrogen) atoms. The summed E-state index contributed by atoms with van der Waals surface area (Å²) in [5.74, 6) is -1.93. The molecular weight excluding hydrogens is 288 g/mol. The summed E-state index contributed by atoms with van der Waals surface area (Å²) in [4.78, 5) is 0. The molecule has 1 aliphatic heterocycles. The van der Waals surface area contributed by atoms with E-state index in [1.54, 1.807) is 12.1 Å². The van der Waals surface area contributed by atoms with Gasteiger partial charge < -0.3 is 4.74 Å². The Morgan fingerprint density at radius 1 is 1.14 bits per heavy atom. The molecule has 108 valence electrons. The number of ether oxygens (including phenoxy) is 1. The molecule has 1 aromatic rings. The molecular formula is C16H9F2N3O. The summed E-state index contributed by atoms with van der Waals surface area (Å²) in [7, 11) is 0. The fraction of sp³-hybridized carbons (Fsp3) is 0.188. The SMILES string of the molecule is CC1=C(C#N)C(=C(C#N)C#N)OC1(C)c1c(F)cccc1F. The van der Waals surface area contributed by atoms with E-state index in [0.717, 1.165) is 12.1 Å². The zero-order valence-electron chi connectivity index (χ0n) is 11.7. The lowest BCUT2D eigenvalue weighted by atomic mass is 9.87. The number of nitrogens with zero attached hydrogens (tertiary/aromatic N) is 3. The van der Waals surface area contributed by atoms with E-state index in [4.69, 9.17) is 15.3 Å². The van der Waals surface area contributed by atoms with Crippen LogP contribution in [-0.2, 0) is 10.3 Å². The van der Waals surface area contributed by atoms with Crippen molar-refractivity contribution in [3.63, 3.8) is 0 Å². The second-order valence-electron chi connectivity index (χ2n) is 4.77. The Morgan fingerprint density at radius 2 is 1.68 bits per heavy atom. The number of benzene rings is 1. The van der Waals surface area contributed by atoms with Gasteiger partial charge in [-0.1, -0.05) is 6.07 Å². The molecule has 1 atom stereocenters. The summed E-state index contributed by atoms with van der Waals surface area (Å²) in [6, 6.07) is 8.42. The van der Waals surface area contributed by atoms with Crippen molar-refractivity contribution in [2.75, 3.05) is 0 Å². The summed E-state index contributed by atoms with van der Waals surface area (Å²) in [5.41, 5.74) is -2.23. The molecule has 0 radical (unpaired) electrons. The van der Waals surface area contributed by atoms with Crippen LogP contribution in [0.4, 0.5) is 8.78 Å². The van der Waals surface area contributed by atoms with Crippen LogP contribution in [0.2, 0.25) is 0 Å². The van der Waals surface area contributed by atoms with Gasteiger partial charge in [-0.2, -0.15) is 15.8 Å². The maximum atomic E-state index is 14.1. The summed E-state index contributed by atoms with van der Waals surface area (Å²) >= 11 is 0. The average Bonchev–Trinajstić information content (AvgIpc) is 2.72. The molecule has 0 aromatic heterocycles. The van der Waals surface area contributed by atoms with Crippen molar-refractivity contribution in [1.29, 1.82) is 15.8 Å². The first-order valence-electron chi connectivity index (χ1n) is 6.20. The highest BCUT2D eigenvalue weighted by atomic mass is 19.1. The van der Waals surface area contributed by atoms with E-state index in [1.165, 1.54) is 19.9 Å². The quantitative estimate of drug-likeness (QED) is 0.744. The maximum absolute atomic E-state index is 14.1. The molecule has 0 saturated carbocycles. The predicted molar refractivity (Wildman–Crippen MR) is 71.4 cm³/mol. The molecule has 0 saturated heterocycles. The van der Waals surface area contributed by atoms with Gasteiger partial charge in [0.15, 0.2) is 16.9 Å². The van der Waals surface area contributed by atoms with E-state index >= 15 is 0 Å². The largest absolute Gasteiger partial charge is 0.475 e. The third kappa shape index (κ3) is 2.01. The fourth-order valence-corrected chi connectivity index (χ4v) is 2.37. The smallest absolute Gasteiger partial charge is 0.172 e. The fourth-order valence-electron chi connectivity index (χ4n) is 2.37. The van der Waals surface area contributed by atoms with Gasteiger partial charge in [0.1, 0.15) is 29.8 Å². The van der Waals surface area contributed by atoms with Crippen molar-refractivity contribution < 1.29 is 13.5 Å². The van der Waals surface area contributed by atoms with Gasteiger partial charge in [-0.15, -0.1) is 0 Å². The lowest BCUT2D eigenvalue weighted by molar-refractivity contribution is 0.0656. The Morgan fingerprint density at radius 3 is 2.14 bits per heavy atom. The first-order valence-corrected chi connectivity index (χ1v) is 6.20. The lowest BCUT2D eigenvalue weighted by Gasteiger charge is -2.27. The standard InChI is InChI=1S/C16H9F2N3O/c1-9-11(8-21)15(10(6-19)7-20)22-16(9,2)14-12(17)4-3-5-13(14)18/h3-5H,1-2H3. The summed E-state index contributed by atoms with van der Waals surface area (Å²) in [6.07, 6.45) is 0. The van der Waals surface area contributed by atoms with Crippen LogP contribution in [0.3, 0.4) is 0 Å². The zero-order valence-corrected chi connectivity index (χ0v) is 11.7. The van der Waals surface area contributed by atoms with Crippen molar-refractivity contribution in [2.45, 2.75) is 19.4 Å². The molecule has 0 bridgehead atoms. The van der Waals surface area contributed by atoms with Gasteiger partial charge in [0.05, 0.1) is 11.1 Å². The molecule has 0 aliphatic carbocycles. The number of allylic oxidation sites excluding steroid dienone is 2. The number of hydrogen-bond acceptors (Lipinski definition) is 4. The Hall–Kier alpha value is -3.17. The second-order valence-corrected chi connectivity index (χ2v) is 4.77. The van der Waals surface area contributed by atoms with Crippen LogP contribution in [0.25, 0.3) is 0 Å². The van der Waals surface area contributed by atoms with Crippen molar-refractivity contribution in [3.05, 3.63) is 57.9 Å². The van der Waals surface area contributed by atoms with Crippen molar-refractivity contribution in [3.8, 4) is 18.2 Å². The Balaban J connectivity index is 2.79. The van der Waals surface area contributed by atoms with Crippen molar-refractivity contribution >= 4 is 0 Å². The van der Waals surface area contributed by atoms with E-state index in [0.29, 0.717) is 0 Å². The zero-order chi connectivity index (χ0) is 16.5. The minimum Gasteiger partial charge on any atom is -0.475 e. The Kier molecular flexibility index (Phi) is 3.68. The Labute approximate surface area is 125 Å². The number of rotatable bonds is 1. The van der Waals surface area contributed by atoms with Crippen LogP contribution < -0.4 is 0 Å². The summed E-state index contributed by atoms with van der Waals surface area (Å²) < 4.78 is 33.7. The molecule has 1 heterocycles. The van der Waals surface area contributed by atoms with Crippen LogP contribution in [0, 0.1) is 45.6 Å². The third-order valence-electron chi connectivity index (χ3n) is 3.63. The summed E-state index contributed by atoms with van der Waals surface area (Å²) in [6.45, 7) is 2.87. The highest BCUT2D eigenvalue weighted by molar-refractivity contribution is 5.58. The average molecular weight is 297 g/mol. The molecule has 6 heteroatoms. The predicted octanol–water partition coefficient (Wildman–Crippen LogP) is 3.35. The van der Waals surface area contributed by atoms with E-state index in [9.17, 15) is 14.0 Å². The van der Waals surface area contributed by atoms with Gasteiger partial charge >= 0.3 is 0 Å². The molecule has 0 spiro atoms. The van der Waals surface area contributed by atoms with Gasteiger partial charge in [-0.25, -0.2) is 8.78 Å². The first-order chi connectivity index (χ1) is 10.4. The van der Waals surface area contributed by atoms with E-state index in [1.807, 2.05) is 6.07 Å². The van der Waals surface area contributed by atoms with Crippen LogP contribution in [-0.4, -0.2) is 0 Å². The highest BCUT2D eigenvalue weighted by Gasteiger charge is 2.45. The molecule has 0 fully saturated rings. The van der Waals surface area contributed by atoms with Crippen molar-refractivity contribution in [1.82, 2.24) is 0 Å². The molecule has 4 nitrogen and oxygen atoms in total. The van der Waals surface area contributed by atoms with E-state index in [2.05, 4.69) is 0 Å². The maximum Gasteiger partial charge on any atom is 0.172 e. The van der Waals surface area contributed by atoms with Crippen LogP contribution in [0.5, 0.6) is 0 Å². The van der Waals surface area contributed by atoms with Gasteiger partial charge in [-0.05, 0) is 31.6 Å². The molecule has 1 aromatic carbocycles. The topological polar surface area (TPSA) is 80.6 Å². The van der Waals surface area contributed by atoms with Crippen LogP contribution in [0.15, 0.2) is 40.7 Å². The van der Waals surface area contributed by atoms with Gasteiger partial charge in [0.2, 0.25) is 0 Å². The van der Waals surface area contributed by atoms with Gasteiger partial charge in [0.25, 0.3) is 0 Å². The second kappa shape index (κ2) is 5.31. The molecule has 1 aliphatic rings. The van der Waals surface area contributed by atoms with Gasteiger partial charge in [-0.3, -0.25) is 0 Å². The number of halogens is 2. The van der Waals surface area contributed by atoms with Gasteiger partial charge in [0, 0.05) is 0 Å². The normalized spacial score (nSPS) is 20.0. The van der Waals surface area contributed by atoms with E-state index in [-0.39, 0.29) is 22.5 Å². The minimum absolute atomic E-state index is 0.0664. The highest BCUT2D eigenvalue weighted by Crippen LogP contribution is 2.47. The first kappa shape index (κ1) is 15.2. The van der Waals surface area contributed by atoms with Crippen LogP contribution >= 0.6 is 0 Å². The monoisotopic (exact) mass is 297 g/mol.